The summed E-state index contributed by atoms with van der Waals surface area (Å²) in [6.07, 6.45) is 2.63. The van der Waals surface area contributed by atoms with Crippen molar-refractivity contribution in [1.82, 2.24) is 14.8 Å². The van der Waals surface area contributed by atoms with Crippen LogP contribution in [0.3, 0.4) is 0 Å². The summed E-state index contributed by atoms with van der Waals surface area (Å²) in [5.74, 6) is -3.33. The molecular formula is C34H31F2N5O7. The Morgan fingerprint density at radius 1 is 0.896 bits per heavy atom. The lowest BCUT2D eigenvalue weighted by atomic mass is 10.0. The first kappa shape index (κ1) is 32.2. The van der Waals surface area contributed by atoms with Gasteiger partial charge in [0.1, 0.15) is 17.5 Å². The van der Waals surface area contributed by atoms with E-state index < -0.39 is 35.4 Å². The van der Waals surface area contributed by atoms with Crippen molar-refractivity contribution in [1.29, 1.82) is 0 Å². The van der Waals surface area contributed by atoms with Crippen molar-refractivity contribution in [3.63, 3.8) is 0 Å². The van der Waals surface area contributed by atoms with E-state index >= 15 is 4.39 Å². The van der Waals surface area contributed by atoms with E-state index in [9.17, 15) is 23.6 Å². The van der Waals surface area contributed by atoms with E-state index in [1.807, 2.05) is 0 Å². The number of rotatable bonds is 10. The molecule has 3 heterocycles. The molecule has 0 radical (unpaired) electrons. The number of imide groups is 1. The number of likely N-dealkylation sites (tertiary alicyclic amines) is 1. The van der Waals surface area contributed by atoms with Gasteiger partial charge in [0.15, 0.2) is 23.1 Å². The second-order valence-electron chi connectivity index (χ2n) is 11.2. The van der Waals surface area contributed by atoms with E-state index in [4.69, 9.17) is 14.2 Å². The molecule has 2 aliphatic rings. The molecule has 2 fully saturated rings. The molecular weight excluding hydrogens is 628 g/mol. The maximum absolute atomic E-state index is 15.4. The number of pyridine rings is 1. The molecule has 1 N–H and O–H groups in total. The van der Waals surface area contributed by atoms with Crippen molar-refractivity contribution in [2.75, 3.05) is 50.6 Å². The maximum Gasteiger partial charge on any atom is 0.331 e. The van der Waals surface area contributed by atoms with Crippen LogP contribution in [0.2, 0.25) is 0 Å². The van der Waals surface area contributed by atoms with Gasteiger partial charge < -0.3 is 29.3 Å². The number of methoxy groups -OCH3 is 2. The minimum absolute atomic E-state index is 0.0354. The lowest BCUT2D eigenvalue weighted by Gasteiger charge is -2.38. The Balaban J connectivity index is 1.21. The largest absolute Gasteiger partial charge is 0.493 e. The lowest BCUT2D eigenvalue weighted by Crippen LogP contribution is -2.60. The average Bonchev–Trinajstić information content (AvgIpc) is 3.50. The van der Waals surface area contributed by atoms with Crippen LogP contribution >= 0.6 is 0 Å². The minimum Gasteiger partial charge on any atom is -0.493 e. The van der Waals surface area contributed by atoms with Crippen LogP contribution in [-0.2, 0) is 14.4 Å². The molecule has 6 rings (SSSR count). The second kappa shape index (κ2) is 13.5. The van der Waals surface area contributed by atoms with Gasteiger partial charge in [0.25, 0.3) is 0 Å². The molecule has 48 heavy (non-hydrogen) atoms. The molecule has 3 aromatic carbocycles. The molecule has 2 saturated heterocycles. The van der Waals surface area contributed by atoms with E-state index in [2.05, 4.69) is 10.3 Å². The Bertz CT molecular complexity index is 1910. The van der Waals surface area contributed by atoms with Crippen molar-refractivity contribution < 1.29 is 42.2 Å². The molecule has 14 heteroatoms. The van der Waals surface area contributed by atoms with Gasteiger partial charge in [-0.15, -0.1) is 0 Å². The number of benzene rings is 3. The molecule has 1 aromatic heterocycles. The first-order chi connectivity index (χ1) is 23.2. The zero-order valence-corrected chi connectivity index (χ0v) is 26.1. The number of anilines is 2. The van der Waals surface area contributed by atoms with Gasteiger partial charge in [-0.3, -0.25) is 19.4 Å². The summed E-state index contributed by atoms with van der Waals surface area (Å²) in [4.78, 5) is 60.7. The number of hydrogen-bond acceptors (Lipinski definition) is 8. The van der Waals surface area contributed by atoms with Crippen LogP contribution in [-0.4, -0.2) is 78.9 Å². The van der Waals surface area contributed by atoms with Crippen LogP contribution in [0.4, 0.5) is 25.0 Å². The third-order valence-electron chi connectivity index (χ3n) is 8.22. The van der Waals surface area contributed by atoms with E-state index in [1.54, 1.807) is 23.1 Å². The van der Waals surface area contributed by atoms with Crippen LogP contribution in [0.25, 0.3) is 10.9 Å². The number of fused-ring (bicyclic) bond motifs is 1. The molecule has 1 atom stereocenters. The fourth-order valence-electron chi connectivity index (χ4n) is 5.71. The normalized spacial score (nSPS) is 16.5. The minimum atomic E-state index is -1.38. The van der Waals surface area contributed by atoms with Gasteiger partial charge in [0.2, 0.25) is 17.7 Å². The summed E-state index contributed by atoms with van der Waals surface area (Å²) in [5, 5.41) is 3.11. The number of aromatic nitrogens is 1. The highest BCUT2D eigenvalue weighted by molar-refractivity contribution is 6.23. The Morgan fingerprint density at radius 3 is 2.31 bits per heavy atom. The number of hydrogen-bond donors (Lipinski definition) is 1. The number of ether oxygens (including phenoxy) is 3. The predicted octanol–water partition coefficient (Wildman–Crippen LogP) is 4.97. The second-order valence-corrected chi connectivity index (χ2v) is 11.2. The van der Waals surface area contributed by atoms with Crippen molar-refractivity contribution in [2.45, 2.75) is 12.8 Å². The van der Waals surface area contributed by atoms with Crippen molar-refractivity contribution in [2.24, 2.45) is 5.92 Å². The van der Waals surface area contributed by atoms with Crippen LogP contribution in [0.5, 0.6) is 23.0 Å². The molecule has 0 aliphatic carbocycles. The zero-order valence-electron chi connectivity index (χ0n) is 26.1. The first-order valence-corrected chi connectivity index (χ1v) is 15.1. The summed E-state index contributed by atoms with van der Waals surface area (Å²) < 4.78 is 45.6. The topological polar surface area (TPSA) is 131 Å². The Hall–Kier alpha value is -5.79. The molecule has 4 aromatic rings. The fourth-order valence-corrected chi connectivity index (χ4v) is 5.71. The van der Waals surface area contributed by atoms with Gasteiger partial charge in [0, 0.05) is 62.0 Å². The molecule has 2 aliphatic heterocycles. The summed E-state index contributed by atoms with van der Waals surface area (Å²) in [6, 6.07) is 12.7. The monoisotopic (exact) mass is 659 g/mol. The number of carbonyl (C=O) groups is 4. The average molecular weight is 660 g/mol. The van der Waals surface area contributed by atoms with Crippen LogP contribution in [0.1, 0.15) is 12.8 Å². The Kier molecular flexibility index (Phi) is 9.06. The van der Waals surface area contributed by atoms with Gasteiger partial charge in [-0.2, -0.15) is 0 Å². The standard InChI is InChI=1S/C34H31F2N5O7/c1-46-29-17-23-26(18-30(29)47-2)37-12-11-27(23)48-28-10-7-21(16-25(28)36)38-32(43)24-19-40(15-14-39-13-3-4-31(39)42)34(45)41(33(24)44)22-8-5-20(35)6-9-22/h5-12,16-18,24H,3-4,13-15,19H2,1-2H3,(H,38,43). The Labute approximate surface area is 273 Å². The molecule has 248 valence electrons. The third kappa shape index (κ3) is 6.41. The highest BCUT2D eigenvalue weighted by Crippen LogP contribution is 2.37. The molecule has 1 unspecified atom stereocenters. The number of halogens is 2. The number of nitrogens with one attached hydrogen (secondary N) is 1. The molecule has 0 spiro atoms. The predicted molar refractivity (Wildman–Crippen MR) is 170 cm³/mol. The van der Waals surface area contributed by atoms with Gasteiger partial charge in [-0.05, 0) is 55.0 Å². The van der Waals surface area contributed by atoms with Crippen molar-refractivity contribution in [3.8, 4) is 23.0 Å². The van der Waals surface area contributed by atoms with Gasteiger partial charge in [0.05, 0.1) is 25.4 Å². The van der Waals surface area contributed by atoms with Gasteiger partial charge in [-0.1, -0.05) is 0 Å². The Morgan fingerprint density at radius 2 is 1.62 bits per heavy atom. The summed E-state index contributed by atoms with van der Waals surface area (Å²) in [7, 11) is 2.99. The van der Waals surface area contributed by atoms with Crippen LogP contribution < -0.4 is 24.4 Å². The number of carbonyl (C=O) groups excluding carboxylic acids is 4. The first-order valence-electron chi connectivity index (χ1n) is 15.1. The van der Waals surface area contributed by atoms with E-state index in [1.165, 1.54) is 49.6 Å². The number of urea groups is 1. The number of nitrogens with zero attached hydrogens (tertiary/aromatic N) is 4. The van der Waals surface area contributed by atoms with E-state index in [0.717, 1.165) is 23.1 Å². The molecule has 0 saturated carbocycles. The van der Waals surface area contributed by atoms with Gasteiger partial charge >= 0.3 is 6.03 Å². The third-order valence-corrected chi connectivity index (χ3v) is 8.22. The van der Waals surface area contributed by atoms with Crippen LogP contribution in [0, 0.1) is 17.6 Å². The summed E-state index contributed by atoms with van der Waals surface area (Å²) in [5.41, 5.74) is 0.655. The number of amides is 5. The fraction of sp³-hybridized carbons (Fsp3) is 0.265. The maximum atomic E-state index is 15.4. The quantitative estimate of drug-likeness (QED) is 0.236. The molecule has 0 bridgehead atoms. The SMILES string of the molecule is COc1cc2nccc(Oc3ccc(NC(=O)C4CN(CCN5CCCC5=O)C(=O)N(c5ccc(F)cc5)C4=O)cc3F)c2cc1OC. The van der Waals surface area contributed by atoms with E-state index in [0.29, 0.717) is 47.5 Å². The van der Waals surface area contributed by atoms with Crippen molar-refractivity contribution in [3.05, 3.63) is 78.5 Å². The highest BCUT2D eigenvalue weighted by Gasteiger charge is 2.44. The van der Waals surface area contributed by atoms with Gasteiger partial charge in [-0.25, -0.2) is 18.5 Å². The van der Waals surface area contributed by atoms with Crippen molar-refractivity contribution >= 4 is 46.0 Å². The lowest BCUT2D eigenvalue weighted by molar-refractivity contribution is -0.133. The smallest absolute Gasteiger partial charge is 0.331 e. The summed E-state index contributed by atoms with van der Waals surface area (Å²) in [6.45, 7) is 0.583. The summed E-state index contributed by atoms with van der Waals surface area (Å²) >= 11 is 0. The molecule has 12 nitrogen and oxygen atoms in total. The van der Waals surface area contributed by atoms with Crippen LogP contribution in [0.15, 0.2) is 66.9 Å². The zero-order chi connectivity index (χ0) is 33.9. The highest BCUT2D eigenvalue weighted by atomic mass is 19.1. The van der Waals surface area contributed by atoms with E-state index in [-0.39, 0.29) is 42.7 Å². The molecule has 5 amide bonds.